The van der Waals surface area contributed by atoms with Crippen LogP contribution in [-0.4, -0.2) is 31.3 Å². The van der Waals surface area contributed by atoms with Gasteiger partial charge in [-0.15, -0.1) is 0 Å². The third kappa shape index (κ3) is 3.84. The van der Waals surface area contributed by atoms with Crippen molar-refractivity contribution in [3.05, 3.63) is 35.9 Å². The van der Waals surface area contributed by atoms with E-state index >= 15 is 0 Å². The number of benzene rings is 1. The average Bonchev–Trinajstić information content (AvgIpc) is 2.27. The summed E-state index contributed by atoms with van der Waals surface area (Å²) in [6, 6.07) is 11.0. The predicted molar refractivity (Wildman–Crippen MR) is 66.4 cm³/mol. The zero-order chi connectivity index (χ0) is 11.1. The van der Waals surface area contributed by atoms with Crippen molar-refractivity contribution in [2.45, 2.75) is 25.9 Å². The highest BCUT2D eigenvalue weighted by molar-refractivity contribution is 5.63. The maximum atomic E-state index is 4.10. The standard InChI is InChI=1S/C13H20N2/c1-4-13(10-14-2)15(3)11-12-8-6-5-7-9-12/h5-10,13H,4,11H2,1-3H3. The van der Waals surface area contributed by atoms with E-state index < -0.39 is 0 Å². The van der Waals surface area contributed by atoms with Crippen molar-refractivity contribution in [3.63, 3.8) is 0 Å². The van der Waals surface area contributed by atoms with Crippen LogP contribution in [0.15, 0.2) is 35.3 Å². The van der Waals surface area contributed by atoms with Crippen molar-refractivity contribution < 1.29 is 0 Å². The summed E-state index contributed by atoms with van der Waals surface area (Å²) in [5, 5.41) is 0. The Morgan fingerprint density at radius 1 is 1.33 bits per heavy atom. The molecule has 0 saturated heterocycles. The van der Waals surface area contributed by atoms with E-state index in [1.54, 1.807) is 0 Å². The Labute approximate surface area is 92.6 Å². The zero-order valence-electron chi connectivity index (χ0n) is 9.85. The van der Waals surface area contributed by atoms with Crippen LogP contribution in [0.1, 0.15) is 18.9 Å². The smallest absolute Gasteiger partial charge is 0.0444 e. The van der Waals surface area contributed by atoms with E-state index in [4.69, 9.17) is 0 Å². The Bertz CT molecular complexity index is 293. The molecule has 2 heteroatoms. The summed E-state index contributed by atoms with van der Waals surface area (Å²) < 4.78 is 0. The molecule has 1 atom stereocenters. The average molecular weight is 204 g/mol. The fourth-order valence-corrected chi connectivity index (χ4v) is 1.69. The van der Waals surface area contributed by atoms with Crippen LogP contribution in [0.25, 0.3) is 0 Å². The Kier molecular flexibility index (Phi) is 5.05. The topological polar surface area (TPSA) is 15.6 Å². The second-order valence-corrected chi connectivity index (χ2v) is 3.78. The van der Waals surface area contributed by atoms with E-state index in [0.29, 0.717) is 6.04 Å². The minimum absolute atomic E-state index is 0.440. The maximum absolute atomic E-state index is 4.10. The number of rotatable bonds is 5. The van der Waals surface area contributed by atoms with Gasteiger partial charge in [-0.25, -0.2) is 0 Å². The molecule has 1 aromatic carbocycles. The summed E-state index contributed by atoms with van der Waals surface area (Å²) in [6.45, 7) is 3.17. The van der Waals surface area contributed by atoms with Gasteiger partial charge in [0.1, 0.15) is 0 Å². The first-order valence-corrected chi connectivity index (χ1v) is 5.44. The lowest BCUT2D eigenvalue weighted by molar-refractivity contribution is 0.286. The molecule has 0 radical (unpaired) electrons. The lowest BCUT2D eigenvalue weighted by Crippen LogP contribution is -2.31. The van der Waals surface area contributed by atoms with Gasteiger partial charge >= 0.3 is 0 Å². The van der Waals surface area contributed by atoms with Crippen molar-refractivity contribution in [1.29, 1.82) is 0 Å². The van der Waals surface area contributed by atoms with Crippen LogP contribution in [-0.2, 0) is 6.54 Å². The molecule has 82 valence electrons. The Hall–Kier alpha value is -1.15. The van der Waals surface area contributed by atoms with Gasteiger partial charge in [0.2, 0.25) is 0 Å². The van der Waals surface area contributed by atoms with Crippen molar-refractivity contribution in [2.75, 3.05) is 14.1 Å². The first-order valence-electron chi connectivity index (χ1n) is 5.44. The predicted octanol–water partition coefficient (Wildman–Crippen LogP) is 2.60. The molecule has 1 rings (SSSR count). The molecule has 0 aliphatic carbocycles. The summed E-state index contributed by atoms with van der Waals surface area (Å²) in [4.78, 5) is 6.42. The summed E-state index contributed by atoms with van der Waals surface area (Å²) in [7, 11) is 3.97. The molecule has 1 unspecified atom stereocenters. The van der Waals surface area contributed by atoms with E-state index in [2.05, 4.69) is 48.1 Å². The Morgan fingerprint density at radius 2 is 2.00 bits per heavy atom. The van der Waals surface area contributed by atoms with Crippen LogP contribution >= 0.6 is 0 Å². The fourth-order valence-electron chi connectivity index (χ4n) is 1.69. The number of hydrogen-bond donors (Lipinski definition) is 0. The molecule has 0 saturated carbocycles. The zero-order valence-corrected chi connectivity index (χ0v) is 9.85. The van der Waals surface area contributed by atoms with Gasteiger partial charge in [-0.1, -0.05) is 37.3 Å². The largest absolute Gasteiger partial charge is 0.299 e. The molecule has 0 fully saturated rings. The Morgan fingerprint density at radius 3 is 2.53 bits per heavy atom. The van der Waals surface area contributed by atoms with Crippen LogP contribution in [0.4, 0.5) is 0 Å². The molecule has 0 N–H and O–H groups in total. The van der Waals surface area contributed by atoms with Crippen molar-refractivity contribution in [1.82, 2.24) is 4.90 Å². The quantitative estimate of drug-likeness (QED) is 0.673. The molecule has 0 aliphatic rings. The van der Waals surface area contributed by atoms with Crippen molar-refractivity contribution in [2.24, 2.45) is 4.99 Å². The third-order valence-corrected chi connectivity index (χ3v) is 2.58. The molecule has 0 amide bonds. The van der Waals surface area contributed by atoms with Gasteiger partial charge in [-0.05, 0) is 19.0 Å². The molecule has 0 aromatic heterocycles. The van der Waals surface area contributed by atoms with Gasteiger partial charge in [0.15, 0.2) is 0 Å². The van der Waals surface area contributed by atoms with Gasteiger partial charge in [0.25, 0.3) is 0 Å². The van der Waals surface area contributed by atoms with Crippen molar-refractivity contribution in [3.8, 4) is 0 Å². The molecule has 0 heterocycles. The van der Waals surface area contributed by atoms with Gasteiger partial charge in [0, 0.05) is 25.8 Å². The minimum Gasteiger partial charge on any atom is -0.299 e. The molecule has 0 aliphatic heterocycles. The molecular formula is C13H20N2. The third-order valence-electron chi connectivity index (χ3n) is 2.58. The highest BCUT2D eigenvalue weighted by Gasteiger charge is 2.09. The SMILES string of the molecule is CCC(C=NC)N(C)Cc1ccccc1. The van der Waals surface area contributed by atoms with E-state index in [1.807, 2.05) is 19.3 Å². The first kappa shape index (κ1) is 11.9. The van der Waals surface area contributed by atoms with Crippen LogP contribution in [0.2, 0.25) is 0 Å². The second kappa shape index (κ2) is 6.36. The lowest BCUT2D eigenvalue weighted by Gasteiger charge is -2.23. The summed E-state index contributed by atoms with van der Waals surface area (Å²) in [6.07, 6.45) is 3.11. The summed E-state index contributed by atoms with van der Waals surface area (Å²) >= 11 is 0. The fraction of sp³-hybridized carbons (Fsp3) is 0.462. The van der Waals surface area contributed by atoms with E-state index in [0.717, 1.165) is 13.0 Å². The summed E-state index contributed by atoms with van der Waals surface area (Å²) in [5.74, 6) is 0. The molecule has 0 bridgehead atoms. The minimum atomic E-state index is 0.440. The molecule has 1 aromatic rings. The molecule has 2 nitrogen and oxygen atoms in total. The number of aliphatic imine (C=N–C) groups is 1. The highest BCUT2D eigenvalue weighted by atomic mass is 15.1. The van der Waals surface area contributed by atoms with Crippen LogP contribution in [0.3, 0.4) is 0 Å². The molecular weight excluding hydrogens is 184 g/mol. The normalized spacial score (nSPS) is 13.6. The number of nitrogens with zero attached hydrogens (tertiary/aromatic N) is 2. The molecule has 15 heavy (non-hydrogen) atoms. The summed E-state index contributed by atoms with van der Waals surface area (Å²) in [5.41, 5.74) is 1.35. The van der Waals surface area contributed by atoms with Crippen LogP contribution in [0.5, 0.6) is 0 Å². The second-order valence-electron chi connectivity index (χ2n) is 3.78. The maximum Gasteiger partial charge on any atom is 0.0444 e. The monoisotopic (exact) mass is 204 g/mol. The molecule has 0 spiro atoms. The van der Waals surface area contributed by atoms with E-state index in [1.165, 1.54) is 5.56 Å². The van der Waals surface area contributed by atoms with E-state index in [-0.39, 0.29) is 0 Å². The number of hydrogen-bond acceptors (Lipinski definition) is 2. The first-order chi connectivity index (χ1) is 7.27. The van der Waals surface area contributed by atoms with E-state index in [9.17, 15) is 0 Å². The van der Waals surface area contributed by atoms with Crippen LogP contribution in [0, 0.1) is 0 Å². The van der Waals surface area contributed by atoms with Crippen LogP contribution < -0.4 is 0 Å². The van der Waals surface area contributed by atoms with Gasteiger partial charge in [-0.2, -0.15) is 0 Å². The van der Waals surface area contributed by atoms with Gasteiger partial charge < -0.3 is 0 Å². The Balaban J connectivity index is 2.57. The highest BCUT2D eigenvalue weighted by Crippen LogP contribution is 2.07. The van der Waals surface area contributed by atoms with Crippen molar-refractivity contribution >= 4 is 6.21 Å². The van der Waals surface area contributed by atoms with Gasteiger partial charge in [0.05, 0.1) is 0 Å². The lowest BCUT2D eigenvalue weighted by atomic mass is 10.1. The van der Waals surface area contributed by atoms with Gasteiger partial charge in [-0.3, -0.25) is 9.89 Å².